The van der Waals surface area contributed by atoms with E-state index in [-0.39, 0.29) is 0 Å². The minimum absolute atomic E-state index is 0.612. The van der Waals surface area contributed by atoms with E-state index in [0.717, 1.165) is 50.4 Å². The first-order valence-corrected chi connectivity index (χ1v) is 11.1. The highest BCUT2D eigenvalue weighted by atomic mass is 35.5. The summed E-state index contributed by atoms with van der Waals surface area (Å²) < 4.78 is 0. The molecule has 2 N–H and O–H groups in total. The van der Waals surface area contributed by atoms with Gasteiger partial charge in [-0.15, -0.1) is 11.6 Å². The van der Waals surface area contributed by atoms with Crippen molar-refractivity contribution in [3.8, 4) is 0 Å². The topological polar surface area (TPSA) is 55.0 Å². The maximum atomic E-state index is 5.53. The molecule has 0 bridgehead atoms. The van der Waals surface area contributed by atoms with Crippen LogP contribution in [0.15, 0.2) is 79.1 Å². The third-order valence-corrected chi connectivity index (χ3v) is 4.36. The molecule has 0 unspecified atom stereocenters. The van der Waals surface area contributed by atoms with Gasteiger partial charge in [-0.05, 0) is 55.8 Å². The van der Waals surface area contributed by atoms with Crippen LogP contribution >= 0.6 is 11.6 Å². The lowest BCUT2D eigenvalue weighted by molar-refractivity contribution is 0.251. The molecule has 3 aromatic rings. The Morgan fingerprint density at radius 1 is 0.767 bits per heavy atom. The molecular formula is C25H35ClN4. The molecule has 5 heteroatoms. The normalized spacial score (nSPS) is 9.90. The van der Waals surface area contributed by atoms with E-state index in [2.05, 4.69) is 40.8 Å². The fraction of sp³-hybridized carbons (Fsp3) is 0.360. The minimum Gasteiger partial charge on any atom is -0.330 e. The van der Waals surface area contributed by atoms with Gasteiger partial charge < -0.3 is 5.73 Å². The average Bonchev–Trinajstić information content (AvgIpc) is 2.82. The van der Waals surface area contributed by atoms with Crippen LogP contribution in [0.5, 0.6) is 0 Å². The number of aromatic nitrogens is 2. The quantitative estimate of drug-likeness (QED) is 0.471. The fourth-order valence-corrected chi connectivity index (χ4v) is 2.72. The molecule has 30 heavy (non-hydrogen) atoms. The van der Waals surface area contributed by atoms with Crippen LogP contribution in [0.4, 0.5) is 0 Å². The van der Waals surface area contributed by atoms with Crippen molar-refractivity contribution in [2.75, 3.05) is 13.1 Å². The second-order valence-electron chi connectivity index (χ2n) is 6.76. The van der Waals surface area contributed by atoms with E-state index < -0.39 is 0 Å². The Bertz CT molecular complexity index is 695. The Morgan fingerprint density at radius 2 is 1.27 bits per heavy atom. The van der Waals surface area contributed by atoms with Gasteiger partial charge in [0.15, 0.2) is 0 Å². The number of nitrogens with two attached hydrogens (primary N) is 1. The number of halogens is 1. The molecular weight excluding hydrogens is 392 g/mol. The van der Waals surface area contributed by atoms with Crippen molar-refractivity contribution in [1.29, 1.82) is 0 Å². The molecule has 4 nitrogen and oxygen atoms in total. The van der Waals surface area contributed by atoms with E-state index in [0.29, 0.717) is 5.88 Å². The molecule has 0 atom stereocenters. The Hall–Kier alpha value is -2.27. The third-order valence-electron chi connectivity index (χ3n) is 4.05. The van der Waals surface area contributed by atoms with Gasteiger partial charge in [0.05, 0.1) is 11.4 Å². The van der Waals surface area contributed by atoms with E-state index in [4.69, 9.17) is 17.3 Å². The van der Waals surface area contributed by atoms with Crippen LogP contribution in [0.3, 0.4) is 0 Å². The van der Waals surface area contributed by atoms with Gasteiger partial charge in [0.1, 0.15) is 0 Å². The first-order valence-electron chi connectivity index (χ1n) is 10.6. The molecule has 0 aliphatic rings. The number of pyridine rings is 2. The van der Waals surface area contributed by atoms with Crippen LogP contribution in [0, 0.1) is 0 Å². The van der Waals surface area contributed by atoms with Crippen LogP contribution in [-0.4, -0.2) is 28.0 Å². The summed E-state index contributed by atoms with van der Waals surface area (Å²) in [5.41, 5.74) is 8.43. The zero-order valence-electron chi connectivity index (χ0n) is 18.3. The number of hydrogen-bond donors (Lipinski definition) is 1. The molecule has 162 valence electrons. The number of hydrogen-bond acceptors (Lipinski definition) is 4. The molecule has 0 amide bonds. The molecule has 0 saturated carbocycles. The standard InChI is InChI=1S/C15H19N3.C7H7Cl.C3H9N/c1-2-11-18(12-14-7-3-5-9-16-14)13-15-8-4-6-10-17-15;8-6-7-4-2-1-3-5-7;1-2-3-4/h3-10H,2,11-13H2,1H3;1-5H,6H2;2-4H2,1H3. The molecule has 0 spiro atoms. The van der Waals surface area contributed by atoms with Crippen molar-refractivity contribution in [2.45, 2.75) is 45.7 Å². The summed E-state index contributed by atoms with van der Waals surface area (Å²) in [5.74, 6) is 0.612. The fourth-order valence-electron chi connectivity index (χ4n) is 2.54. The molecule has 3 rings (SSSR count). The van der Waals surface area contributed by atoms with Crippen molar-refractivity contribution in [2.24, 2.45) is 5.73 Å². The summed E-state index contributed by atoms with van der Waals surface area (Å²) in [4.78, 5) is 11.1. The summed E-state index contributed by atoms with van der Waals surface area (Å²) in [6.45, 7) is 7.90. The van der Waals surface area contributed by atoms with Crippen molar-refractivity contribution in [3.05, 3.63) is 96.1 Å². The van der Waals surface area contributed by atoms with E-state index in [1.165, 1.54) is 5.56 Å². The number of benzene rings is 1. The zero-order chi connectivity index (χ0) is 21.9. The van der Waals surface area contributed by atoms with Crippen LogP contribution in [0.25, 0.3) is 0 Å². The number of nitrogens with zero attached hydrogens (tertiary/aromatic N) is 3. The Balaban J connectivity index is 0.000000309. The van der Waals surface area contributed by atoms with Crippen molar-refractivity contribution in [3.63, 3.8) is 0 Å². The second-order valence-corrected chi connectivity index (χ2v) is 7.03. The summed E-state index contributed by atoms with van der Waals surface area (Å²) in [7, 11) is 0. The zero-order valence-corrected chi connectivity index (χ0v) is 19.0. The first-order chi connectivity index (χ1) is 14.7. The van der Waals surface area contributed by atoms with Crippen LogP contribution in [0.2, 0.25) is 0 Å². The van der Waals surface area contributed by atoms with E-state index in [1.54, 1.807) is 0 Å². The predicted octanol–water partition coefficient (Wildman–Crippen LogP) is 5.67. The highest BCUT2D eigenvalue weighted by Gasteiger charge is 2.07. The SMILES string of the molecule is CCCN.CCCN(Cc1ccccn1)Cc1ccccn1.ClCc1ccccc1. The maximum Gasteiger partial charge on any atom is 0.0544 e. The highest BCUT2D eigenvalue weighted by molar-refractivity contribution is 6.17. The maximum absolute atomic E-state index is 5.53. The molecule has 0 saturated heterocycles. The average molecular weight is 427 g/mol. The molecule has 0 aliphatic heterocycles. The molecule has 1 aromatic carbocycles. The number of rotatable bonds is 8. The monoisotopic (exact) mass is 426 g/mol. The molecule has 2 heterocycles. The van der Waals surface area contributed by atoms with Crippen LogP contribution in [-0.2, 0) is 19.0 Å². The summed E-state index contributed by atoms with van der Waals surface area (Å²) in [5, 5.41) is 0. The molecule has 0 radical (unpaired) electrons. The van der Waals surface area contributed by atoms with Gasteiger partial charge in [0.25, 0.3) is 0 Å². The van der Waals surface area contributed by atoms with E-state index >= 15 is 0 Å². The van der Waals surface area contributed by atoms with Gasteiger partial charge in [-0.25, -0.2) is 0 Å². The summed E-state index contributed by atoms with van der Waals surface area (Å²) in [6.07, 6.45) is 5.93. The lowest BCUT2D eigenvalue weighted by atomic mass is 10.2. The van der Waals surface area contributed by atoms with Crippen molar-refractivity contribution in [1.82, 2.24) is 14.9 Å². The Morgan fingerprint density at radius 3 is 1.60 bits per heavy atom. The van der Waals surface area contributed by atoms with Gasteiger partial charge in [0, 0.05) is 31.4 Å². The van der Waals surface area contributed by atoms with Crippen molar-refractivity contribution < 1.29 is 0 Å². The van der Waals surface area contributed by atoms with E-state index in [9.17, 15) is 0 Å². The van der Waals surface area contributed by atoms with Crippen LogP contribution in [0.1, 0.15) is 43.6 Å². The van der Waals surface area contributed by atoms with Gasteiger partial charge in [-0.2, -0.15) is 0 Å². The predicted molar refractivity (Wildman–Crippen MR) is 128 cm³/mol. The Kier molecular flexibility index (Phi) is 15.1. The minimum atomic E-state index is 0.612. The second kappa shape index (κ2) is 17.6. The van der Waals surface area contributed by atoms with Gasteiger partial charge in [0.2, 0.25) is 0 Å². The highest BCUT2D eigenvalue weighted by Crippen LogP contribution is 2.07. The molecule has 2 aromatic heterocycles. The third kappa shape index (κ3) is 12.3. The smallest absolute Gasteiger partial charge is 0.0544 e. The van der Waals surface area contributed by atoms with Gasteiger partial charge in [-0.3, -0.25) is 14.9 Å². The summed E-state index contributed by atoms with van der Waals surface area (Å²) >= 11 is 5.53. The first kappa shape index (κ1) is 25.8. The number of alkyl halides is 1. The Labute approximate surface area is 187 Å². The van der Waals surface area contributed by atoms with Gasteiger partial charge in [-0.1, -0.05) is 56.3 Å². The van der Waals surface area contributed by atoms with Crippen LogP contribution < -0.4 is 5.73 Å². The molecule has 0 aliphatic carbocycles. The largest absolute Gasteiger partial charge is 0.330 e. The molecule has 0 fully saturated rings. The van der Waals surface area contributed by atoms with E-state index in [1.807, 2.05) is 67.0 Å². The van der Waals surface area contributed by atoms with Crippen molar-refractivity contribution >= 4 is 11.6 Å². The lowest BCUT2D eigenvalue weighted by Crippen LogP contribution is -2.24. The summed E-state index contributed by atoms with van der Waals surface area (Å²) in [6, 6.07) is 22.1. The van der Waals surface area contributed by atoms with Gasteiger partial charge >= 0.3 is 0 Å². The lowest BCUT2D eigenvalue weighted by Gasteiger charge is -2.20.